The average Bonchev–Trinajstić information content (AvgIpc) is 3.04. The quantitative estimate of drug-likeness (QED) is 0.647. The number of oxazole rings is 1. The van der Waals surface area contributed by atoms with Crippen LogP contribution in [0.15, 0.2) is 46.0 Å². The lowest BCUT2D eigenvalue weighted by Gasteiger charge is -2.12. The second kappa shape index (κ2) is 7.67. The first-order valence-corrected chi connectivity index (χ1v) is 8.67. The number of fused-ring (bicyclic) bond motifs is 1. The van der Waals surface area contributed by atoms with Crippen molar-refractivity contribution in [3.05, 3.63) is 41.4 Å². The largest absolute Gasteiger partial charge is 0.495 e. The fraction of sp³-hybridized carbons (Fsp3) is 0.176. The first-order valence-electron chi connectivity index (χ1n) is 7.30. The number of thioether (sulfide) groups is 1. The normalized spacial score (nSPS) is 10.7. The number of aromatic nitrogens is 1. The Morgan fingerprint density at radius 1 is 1.24 bits per heavy atom. The number of ether oxygens (including phenoxy) is 2. The lowest BCUT2D eigenvalue weighted by atomic mass is 10.2. The lowest BCUT2D eigenvalue weighted by Crippen LogP contribution is -2.14. The fourth-order valence-electron chi connectivity index (χ4n) is 2.18. The van der Waals surface area contributed by atoms with E-state index in [0.29, 0.717) is 33.0 Å². The number of carbonyl (C=O) groups is 1. The molecule has 1 aromatic heterocycles. The van der Waals surface area contributed by atoms with Crippen molar-refractivity contribution in [2.45, 2.75) is 5.22 Å². The average molecular weight is 379 g/mol. The van der Waals surface area contributed by atoms with E-state index in [1.807, 2.05) is 24.3 Å². The zero-order valence-corrected chi connectivity index (χ0v) is 15.1. The van der Waals surface area contributed by atoms with Crippen molar-refractivity contribution < 1.29 is 18.7 Å². The Hall–Kier alpha value is -2.38. The van der Waals surface area contributed by atoms with Crippen LogP contribution in [0.25, 0.3) is 11.1 Å². The summed E-state index contributed by atoms with van der Waals surface area (Å²) in [5, 5.41) is 3.62. The van der Waals surface area contributed by atoms with Gasteiger partial charge < -0.3 is 19.2 Å². The van der Waals surface area contributed by atoms with Crippen molar-refractivity contribution in [1.29, 1.82) is 0 Å². The molecule has 25 heavy (non-hydrogen) atoms. The van der Waals surface area contributed by atoms with E-state index in [9.17, 15) is 4.79 Å². The predicted molar refractivity (Wildman–Crippen MR) is 97.9 cm³/mol. The van der Waals surface area contributed by atoms with Crippen LogP contribution in [0.2, 0.25) is 5.02 Å². The SMILES string of the molecule is COc1cc(NC(=O)CSc2nc3ccccc3o2)c(OC)cc1Cl. The number of hydrogen-bond donors (Lipinski definition) is 1. The number of para-hydroxylation sites is 2. The Balaban J connectivity index is 1.68. The molecule has 3 aromatic rings. The molecular formula is C17H15ClN2O4S. The van der Waals surface area contributed by atoms with Crippen molar-refractivity contribution in [2.75, 3.05) is 25.3 Å². The van der Waals surface area contributed by atoms with E-state index in [4.69, 9.17) is 25.5 Å². The van der Waals surface area contributed by atoms with Crippen molar-refractivity contribution in [2.24, 2.45) is 0 Å². The second-order valence-electron chi connectivity index (χ2n) is 4.97. The maximum absolute atomic E-state index is 12.2. The molecule has 0 saturated carbocycles. The van der Waals surface area contributed by atoms with Gasteiger partial charge in [-0.2, -0.15) is 0 Å². The third kappa shape index (κ3) is 4.00. The summed E-state index contributed by atoms with van der Waals surface area (Å²) in [6.07, 6.45) is 0. The van der Waals surface area contributed by atoms with E-state index in [1.165, 1.54) is 26.0 Å². The van der Waals surface area contributed by atoms with Gasteiger partial charge in [-0.15, -0.1) is 0 Å². The van der Waals surface area contributed by atoms with Crippen molar-refractivity contribution in [1.82, 2.24) is 4.98 Å². The summed E-state index contributed by atoms with van der Waals surface area (Å²) >= 11 is 7.27. The minimum atomic E-state index is -0.227. The Morgan fingerprint density at radius 2 is 2.00 bits per heavy atom. The van der Waals surface area contributed by atoms with Crippen LogP contribution in [0.4, 0.5) is 5.69 Å². The van der Waals surface area contributed by atoms with E-state index >= 15 is 0 Å². The summed E-state index contributed by atoms with van der Waals surface area (Å²) in [6.45, 7) is 0. The standard InChI is InChI=1S/C17H15ClN2O4S/c1-22-14-8-12(15(23-2)7-10(14)18)19-16(21)9-25-17-20-11-5-3-4-6-13(11)24-17/h3-8H,9H2,1-2H3,(H,19,21). The van der Waals surface area contributed by atoms with E-state index in [2.05, 4.69) is 10.3 Å². The molecule has 0 saturated heterocycles. The molecule has 1 N–H and O–H groups in total. The maximum Gasteiger partial charge on any atom is 0.257 e. The summed E-state index contributed by atoms with van der Waals surface area (Å²) in [6, 6.07) is 10.6. The molecule has 130 valence electrons. The molecule has 0 atom stereocenters. The predicted octanol–water partition coefficient (Wildman–Crippen LogP) is 4.23. The third-order valence-corrected chi connectivity index (χ3v) is 4.47. The molecule has 1 amide bonds. The fourth-order valence-corrected chi connectivity index (χ4v) is 3.05. The summed E-state index contributed by atoms with van der Waals surface area (Å²) in [5.41, 5.74) is 1.93. The summed E-state index contributed by atoms with van der Waals surface area (Å²) in [5.74, 6) is 0.811. The van der Waals surface area contributed by atoms with E-state index in [1.54, 1.807) is 12.1 Å². The van der Waals surface area contributed by atoms with Gasteiger partial charge in [0.05, 0.1) is 30.7 Å². The second-order valence-corrected chi connectivity index (χ2v) is 6.31. The molecule has 0 radical (unpaired) electrons. The highest BCUT2D eigenvalue weighted by Gasteiger charge is 2.14. The molecule has 0 bridgehead atoms. The van der Waals surface area contributed by atoms with Crippen LogP contribution in [0.3, 0.4) is 0 Å². The van der Waals surface area contributed by atoms with Gasteiger partial charge in [-0.25, -0.2) is 4.98 Å². The summed E-state index contributed by atoms with van der Waals surface area (Å²) < 4.78 is 16.0. The third-order valence-electron chi connectivity index (χ3n) is 3.35. The Bertz CT molecular complexity index is 880. The Labute approximate surface area is 153 Å². The molecule has 2 aromatic carbocycles. The van der Waals surface area contributed by atoms with Crippen LogP contribution in [-0.2, 0) is 4.79 Å². The number of rotatable bonds is 6. The zero-order valence-electron chi connectivity index (χ0n) is 13.5. The minimum absolute atomic E-state index is 0.140. The molecule has 0 aliphatic rings. The molecule has 0 fully saturated rings. The van der Waals surface area contributed by atoms with Gasteiger partial charge in [0, 0.05) is 12.1 Å². The van der Waals surface area contributed by atoms with Crippen LogP contribution < -0.4 is 14.8 Å². The Kier molecular flexibility index (Phi) is 5.35. The molecular weight excluding hydrogens is 364 g/mol. The minimum Gasteiger partial charge on any atom is -0.495 e. The number of nitrogens with zero attached hydrogens (tertiary/aromatic N) is 1. The van der Waals surface area contributed by atoms with E-state index < -0.39 is 0 Å². The maximum atomic E-state index is 12.2. The van der Waals surface area contributed by atoms with Gasteiger partial charge in [-0.05, 0) is 12.1 Å². The molecule has 8 heteroatoms. The highest BCUT2D eigenvalue weighted by molar-refractivity contribution is 7.99. The van der Waals surface area contributed by atoms with Gasteiger partial charge in [0.1, 0.15) is 17.0 Å². The van der Waals surface area contributed by atoms with E-state index in [-0.39, 0.29) is 11.7 Å². The number of anilines is 1. The van der Waals surface area contributed by atoms with Gasteiger partial charge >= 0.3 is 0 Å². The van der Waals surface area contributed by atoms with Crippen molar-refractivity contribution in [3.8, 4) is 11.5 Å². The number of nitrogens with one attached hydrogen (secondary N) is 1. The number of amides is 1. The van der Waals surface area contributed by atoms with E-state index in [0.717, 1.165) is 5.52 Å². The number of halogens is 1. The summed E-state index contributed by atoms with van der Waals surface area (Å²) in [7, 11) is 3.00. The molecule has 0 unspecified atom stereocenters. The van der Waals surface area contributed by atoms with Gasteiger partial charge in [-0.3, -0.25) is 4.79 Å². The smallest absolute Gasteiger partial charge is 0.257 e. The van der Waals surface area contributed by atoms with Crippen LogP contribution >= 0.6 is 23.4 Å². The molecule has 0 spiro atoms. The van der Waals surface area contributed by atoms with Crippen LogP contribution in [0.1, 0.15) is 0 Å². The molecule has 0 aliphatic heterocycles. The zero-order chi connectivity index (χ0) is 17.8. The van der Waals surface area contributed by atoms with Crippen molar-refractivity contribution in [3.63, 3.8) is 0 Å². The van der Waals surface area contributed by atoms with Gasteiger partial charge in [0.2, 0.25) is 5.91 Å². The number of carbonyl (C=O) groups excluding carboxylic acids is 1. The number of benzene rings is 2. The van der Waals surface area contributed by atoms with Crippen LogP contribution in [0, 0.1) is 0 Å². The topological polar surface area (TPSA) is 73.6 Å². The first-order chi connectivity index (χ1) is 12.1. The van der Waals surface area contributed by atoms with Gasteiger partial charge in [0.25, 0.3) is 5.22 Å². The van der Waals surface area contributed by atoms with Gasteiger partial charge in [0.15, 0.2) is 5.58 Å². The first kappa shape index (κ1) is 17.4. The van der Waals surface area contributed by atoms with Crippen molar-refractivity contribution >= 4 is 46.1 Å². The van der Waals surface area contributed by atoms with Crippen LogP contribution in [-0.4, -0.2) is 30.9 Å². The molecule has 3 rings (SSSR count). The number of methoxy groups -OCH3 is 2. The molecule has 1 heterocycles. The highest BCUT2D eigenvalue weighted by atomic mass is 35.5. The molecule has 0 aliphatic carbocycles. The number of hydrogen-bond acceptors (Lipinski definition) is 6. The Morgan fingerprint density at radius 3 is 2.72 bits per heavy atom. The highest BCUT2D eigenvalue weighted by Crippen LogP contribution is 2.36. The summed E-state index contributed by atoms with van der Waals surface area (Å²) in [4.78, 5) is 16.5. The lowest BCUT2D eigenvalue weighted by molar-refractivity contribution is -0.113. The van der Waals surface area contributed by atoms with Crippen LogP contribution in [0.5, 0.6) is 11.5 Å². The monoisotopic (exact) mass is 378 g/mol. The molecule has 6 nitrogen and oxygen atoms in total. The van der Waals surface area contributed by atoms with Gasteiger partial charge in [-0.1, -0.05) is 35.5 Å².